The topological polar surface area (TPSA) is 80.9 Å². The molecule has 0 aromatic carbocycles. The lowest BCUT2D eigenvalue weighted by molar-refractivity contribution is 0.0945. The molecule has 0 saturated heterocycles. The van der Waals surface area contributed by atoms with Crippen molar-refractivity contribution in [1.82, 2.24) is 15.3 Å². The van der Waals surface area contributed by atoms with Gasteiger partial charge in [0.15, 0.2) is 0 Å². The van der Waals surface area contributed by atoms with Crippen molar-refractivity contribution in [2.45, 2.75) is 32.6 Å². The highest BCUT2D eigenvalue weighted by Gasteiger charge is 2.22. The van der Waals surface area contributed by atoms with Gasteiger partial charge in [-0.1, -0.05) is 19.8 Å². The van der Waals surface area contributed by atoms with Crippen LogP contribution in [0.3, 0.4) is 0 Å². The van der Waals surface area contributed by atoms with Crippen LogP contribution in [0.15, 0.2) is 12.4 Å². The lowest BCUT2D eigenvalue weighted by atomic mass is 9.82. The lowest BCUT2D eigenvalue weighted by Crippen LogP contribution is -2.31. The summed E-state index contributed by atoms with van der Waals surface area (Å²) in [6.45, 7) is 3.02. The van der Waals surface area contributed by atoms with E-state index >= 15 is 0 Å². The van der Waals surface area contributed by atoms with Crippen LogP contribution < -0.4 is 11.1 Å². The van der Waals surface area contributed by atoms with Gasteiger partial charge in [-0.3, -0.25) is 4.79 Å². The van der Waals surface area contributed by atoms with Crippen molar-refractivity contribution in [3.05, 3.63) is 17.3 Å². The first-order valence-electron chi connectivity index (χ1n) is 7.42. The van der Waals surface area contributed by atoms with Crippen LogP contribution in [0.2, 0.25) is 0 Å². The van der Waals surface area contributed by atoms with Crippen LogP contribution in [0.25, 0.3) is 10.3 Å². The highest BCUT2D eigenvalue weighted by molar-refractivity contribution is 7.21. The highest BCUT2D eigenvalue weighted by Crippen LogP contribution is 2.31. The smallest absolute Gasteiger partial charge is 0.263 e. The minimum Gasteiger partial charge on any atom is -0.396 e. The molecule has 21 heavy (non-hydrogen) atoms. The molecule has 5 nitrogen and oxygen atoms in total. The molecule has 1 aliphatic carbocycles. The number of hydrogen-bond donors (Lipinski definition) is 2. The molecule has 1 aliphatic rings. The average Bonchev–Trinajstić information content (AvgIpc) is 2.83. The highest BCUT2D eigenvalue weighted by atomic mass is 32.1. The van der Waals surface area contributed by atoms with Crippen LogP contribution in [0.4, 0.5) is 5.69 Å². The fourth-order valence-electron chi connectivity index (χ4n) is 3.07. The first-order valence-corrected chi connectivity index (χ1v) is 8.24. The fraction of sp³-hybridized carbons (Fsp3) is 0.533. The van der Waals surface area contributed by atoms with E-state index in [9.17, 15) is 4.79 Å². The fourth-order valence-corrected chi connectivity index (χ4v) is 4.01. The van der Waals surface area contributed by atoms with Crippen LogP contribution in [0.1, 0.15) is 42.3 Å². The van der Waals surface area contributed by atoms with Gasteiger partial charge in [-0.25, -0.2) is 9.97 Å². The van der Waals surface area contributed by atoms with Crippen molar-refractivity contribution in [2.75, 3.05) is 12.3 Å². The van der Waals surface area contributed by atoms with Gasteiger partial charge >= 0.3 is 0 Å². The van der Waals surface area contributed by atoms with Gasteiger partial charge in [-0.15, -0.1) is 11.3 Å². The Bertz CT molecular complexity index is 654. The van der Waals surface area contributed by atoms with Gasteiger partial charge < -0.3 is 11.1 Å². The van der Waals surface area contributed by atoms with Gasteiger partial charge in [-0.05, 0) is 24.7 Å². The maximum Gasteiger partial charge on any atom is 0.263 e. The molecule has 1 amide bonds. The number of nitrogens with one attached hydrogen (secondary N) is 1. The standard InChI is InChI=1S/C15H20N4OS/c1-9-3-2-4-10(7-9)8-19-14(20)13-11(16)12-15(21-13)18-6-5-17-12/h5-6,9-10H,2-4,7-8,16H2,1H3,(H,19,20). The molecule has 112 valence electrons. The van der Waals surface area contributed by atoms with Gasteiger partial charge in [0.2, 0.25) is 0 Å². The van der Waals surface area contributed by atoms with E-state index in [0.717, 1.165) is 12.5 Å². The number of aromatic nitrogens is 2. The Morgan fingerprint density at radius 2 is 2.24 bits per heavy atom. The van der Waals surface area contributed by atoms with Crippen molar-refractivity contribution in [3.63, 3.8) is 0 Å². The Hall–Kier alpha value is -1.69. The Balaban J connectivity index is 1.68. The van der Waals surface area contributed by atoms with Crippen molar-refractivity contribution in [3.8, 4) is 0 Å². The number of carbonyl (C=O) groups excluding carboxylic acids is 1. The molecule has 2 unspecified atom stereocenters. The van der Waals surface area contributed by atoms with Gasteiger partial charge in [0.05, 0.1) is 5.69 Å². The Kier molecular flexibility index (Phi) is 4.05. The molecule has 0 spiro atoms. The zero-order valence-corrected chi connectivity index (χ0v) is 12.9. The number of thiophene rings is 1. The lowest BCUT2D eigenvalue weighted by Gasteiger charge is -2.26. The largest absolute Gasteiger partial charge is 0.396 e. The van der Waals surface area contributed by atoms with Crippen molar-refractivity contribution in [1.29, 1.82) is 0 Å². The third kappa shape index (κ3) is 3.00. The summed E-state index contributed by atoms with van der Waals surface area (Å²) in [5, 5.41) is 3.03. The maximum absolute atomic E-state index is 12.3. The summed E-state index contributed by atoms with van der Waals surface area (Å²) in [4.78, 5) is 22.0. The number of hydrogen-bond acceptors (Lipinski definition) is 5. The third-order valence-electron chi connectivity index (χ3n) is 4.17. The second-order valence-electron chi connectivity index (χ2n) is 5.90. The molecule has 6 heteroatoms. The predicted octanol–water partition coefficient (Wildman–Crippen LogP) is 2.83. The molecule has 0 bridgehead atoms. The van der Waals surface area contributed by atoms with E-state index < -0.39 is 0 Å². The number of carbonyl (C=O) groups is 1. The summed E-state index contributed by atoms with van der Waals surface area (Å²) in [6, 6.07) is 0. The van der Waals surface area contributed by atoms with E-state index in [2.05, 4.69) is 22.2 Å². The first kappa shape index (κ1) is 14.3. The average molecular weight is 304 g/mol. The summed E-state index contributed by atoms with van der Waals surface area (Å²) in [7, 11) is 0. The predicted molar refractivity (Wildman–Crippen MR) is 85.3 cm³/mol. The van der Waals surface area contributed by atoms with Crippen LogP contribution in [-0.4, -0.2) is 22.4 Å². The van der Waals surface area contributed by atoms with Crippen molar-refractivity contribution < 1.29 is 4.79 Å². The second kappa shape index (κ2) is 5.97. The van der Waals surface area contributed by atoms with Gasteiger partial charge in [0, 0.05) is 18.9 Å². The normalized spacial score (nSPS) is 22.3. The molecule has 3 N–H and O–H groups in total. The zero-order valence-electron chi connectivity index (χ0n) is 12.1. The van der Waals surface area contributed by atoms with Gasteiger partial charge in [0.1, 0.15) is 15.2 Å². The monoisotopic (exact) mass is 304 g/mol. The van der Waals surface area contributed by atoms with Crippen LogP contribution in [-0.2, 0) is 0 Å². The van der Waals surface area contributed by atoms with E-state index in [-0.39, 0.29) is 5.91 Å². The van der Waals surface area contributed by atoms with Gasteiger partial charge in [-0.2, -0.15) is 0 Å². The Labute approximate surface area is 128 Å². The third-order valence-corrected chi connectivity index (χ3v) is 5.27. The van der Waals surface area contributed by atoms with E-state index in [1.165, 1.54) is 37.0 Å². The zero-order chi connectivity index (χ0) is 14.8. The van der Waals surface area contributed by atoms with E-state index in [4.69, 9.17) is 5.73 Å². The number of rotatable bonds is 3. The Morgan fingerprint density at radius 3 is 3.00 bits per heavy atom. The summed E-state index contributed by atoms with van der Waals surface area (Å²) in [5.41, 5.74) is 7.08. The number of fused-ring (bicyclic) bond motifs is 1. The van der Waals surface area contributed by atoms with E-state index in [1.54, 1.807) is 12.4 Å². The number of anilines is 1. The minimum absolute atomic E-state index is 0.101. The van der Waals surface area contributed by atoms with Crippen molar-refractivity contribution in [2.24, 2.45) is 11.8 Å². The van der Waals surface area contributed by atoms with Crippen LogP contribution in [0.5, 0.6) is 0 Å². The molecule has 0 radical (unpaired) electrons. The quantitative estimate of drug-likeness (QED) is 0.913. The molecule has 2 atom stereocenters. The second-order valence-corrected chi connectivity index (χ2v) is 6.90. The summed E-state index contributed by atoms with van der Waals surface area (Å²) in [5.74, 6) is 1.25. The molecular weight excluding hydrogens is 284 g/mol. The number of amides is 1. The SMILES string of the molecule is CC1CCCC(CNC(=O)c2sc3nccnc3c2N)C1. The summed E-state index contributed by atoms with van der Waals surface area (Å²) >= 11 is 1.31. The molecule has 2 aromatic rings. The van der Waals surface area contributed by atoms with E-state index in [0.29, 0.717) is 26.8 Å². The number of nitrogen functional groups attached to an aromatic ring is 1. The molecule has 1 saturated carbocycles. The maximum atomic E-state index is 12.3. The van der Waals surface area contributed by atoms with Crippen LogP contribution >= 0.6 is 11.3 Å². The summed E-state index contributed by atoms with van der Waals surface area (Å²) in [6.07, 6.45) is 8.19. The minimum atomic E-state index is -0.101. The molecule has 2 aromatic heterocycles. The molecule has 3 rings (SSSR count). The van der Waals surface area contributed by atoms with Crippen LogP contribution in [0, 0.1) is 11.8 Å². The molecule has 2 heterocycles. The van der Waals surface area contributed by atoms with Gasteiger partial charge in [0.25, 0.3) is 5.91 Å². The molecule has 1 fully saturated rings. The molecule has 0 aliphatic heterocycles. The van der Waals surface area contributed by atoms with E-state index in [1.807, 2.05) is 0 Å². The molecular formula is C15H20N4OS. The summed E-state index contributed by atoms with van der Waals surface area (Å²) < 4.78 is 0. The number of nitrogens with two attached hydrogens (primary N) is 1. The number of nitrogens with zero attached hydrogens (tertiary/aromatic N) is 2. The first-order chi connectivity index (χ1) is 10.1. The Morgan fingerprint density at radius 1 is 1.43 bits per heavy atom. The van der Waals surface area contributed by atoms with Crippen molar-refractivity contribution >= 4 is 33.3 Å².